The van der Waals surface area contributed by atoms with Crippen LogP contribution in [0.4, 0.5) is 4.79 Å². The van der Waals surface area contributed by atoms with Crippen molar-refractivity contribution >= 4 is 12.0 Å². The summed E-state index contributed by atoms with van der Waals surface area (Å²) in [4.78, 5) is 26.2. The van der Waals surface area contributed by atoms with Gasteiger partial charge in [0, 0.05) is 24.9 Å². The van der Waals surface area contributed by atoms with Crippen LogP contribution in [0.2, 0.25) is 0 Å². The van der Waals surface area contributed by atoms with Gasteiger partial charge in [-0.1, -0.05) is 12.8 Å². The quantitative estimate of drug-likeness (QED) is 0.795. The maximum absolute atomic E-state index is 12.9. The number of rotatable bonds is 2. The van der Waals surface area contributed by atoms with E-state index in [1.807, 2.05) is 0 Å². The molecule has 7 heteroatoms. The van der Waals surface area contributed by atoms with Crippen LogP contribution in [0.25, 0.3) is 0 Å². The first-order chi connectivity index (χ1) is 12.1. The fourth-order valence-corrected chi connectivity index (χ4v) is 5.21. The van der Waals surface area contributed by atoms with Crippen LogP contribution in [0.1, 0.15) is 57.8 Å². The molecule has 2 N–H and O–H groups in total. The number of carboxylic acids is 1. The number of nitrogens with zero attached hydrogens (tertiary/aromatic N) is 1. The van der Waals surface area contributed by atoms with Crippen LogP contribution in [-0.2, 0) is 14.3 Å². The first-order valence-corrected chi connectivity index (χ1v) is 9.67. The number of likely N-dealkylation sites (tertiary alicyclic amines) is 1. The summed E-state index contributed by atoms with van der Waals surface area (Å²) >= 11 is 0. The van der Waals surface area contributed by atoms with Crippen LogP contribution in [0, 0.1) is 5.92 Å². The molecule has 2 amide bonds. The van der Waals surface area contributed by atoms with Crippen LogP contribution in [0.5, 0.6) is 0 Å². The number of urea groups is 1. The monoisotopic (exact) mass is 352 g/mol. The van der Waals surface area contributed by atoms with E-state index < -0.39 is 17.8 Å². The molecule has 0 aromatic heterocycles. The van der Waals surface area contributed by atoms with Crippen LogP contribution in [0.3, 0.4) is 0 Å². The molecule has 0 aromatic rings. The number of carbonyl (C=O) groups is 2. The lowest BCUT2D eigenvalue weighted by Gasteiger charge is -2.38. The van der Waals surface area contributed by atoms with Crippen molar-refractivity contribution < 1.29 is 24.2 Å². The predicted octanol–water partition coefficient (Wildman–Crippen LogP) is 2.10. The van der Waals surface area contributed by atoms with Crippen LogP contribution in [-0.4, -0.2) is 59.1 Å². The molecule has 2 aliphatic heterocycles. The third kappa shape index (κ3) is 3.24. The molecule has 4 fully saturated rings. The highest BCUT2D eigenvalue weighted by Gasteiger charge is 2.48. The molecule has 2 aliphatic carbocycles. The molecule has 1 spiro atoms. The number of ether oxygens (including phenoxy) is 2. The number of nitrogens with one attached hydrogen (secondary N) is 1. The van der Waals surface area contributed by atoms with Crippen molar-refractivity contribution in [3.8, 4) is 0 Å². The molecule has 2 saturated carbocycles. The summed E-state index contributed by atoms with van der Waals surface area (Å²) in [5, 5.41) is 12.7. The lowest BCUT2D eigenvalue weighted by Crippen LogP contribution is -2.54. The molecule has 3 atom stereocenters. The summed E-state index contributed by atoms with van der Waals surface area (Å²) in [6, 6.07) is -0.713. The summed E-state index contributed by atoms with van der Waals surface area (Å²) in [5.74, 6) is -0.970. The van der Waals surface area contributed by atoms with Gasteiger partial charge in [0.2, 0.25) is 0 Å². The molecule has 2 heterocycles. The fraction of sp³-hybridized carbons (Fsp3) is 0.889. The zero-order chi connectivity index (χ0) is 17.4. The molecule has 4 aliphatic rings. The largest absolute Gasteiger partial charge is 0.480 e. The van der Waals surface area contributed by atoms with Gasteiger partial charge in [0.25, 0.3) is 0 Å². The van der Waals surface area contributed by atoms with Crippen molar-refractivity contribution in [2.75, 3.05) is 13.2 Å². The van der Waals surface area contributed by atoms with Crippen molar-refractivity contribution in [3.63, 3.8) is 0 Å². The van der Waals surface area contributed by atoms with Crippen LogP contribution >= 0.6 is 0 Å². The van der Waals surface area contributed by atoms with Crippen molar-refractivity contribution in [2.45, 2.75) is 81.7 Å². The lowest BCUT2D eigenvalue weighted by atomic mass is 9.85. The van der Waals surface area contributed by atoms with Gasteiger partial charge in [-0.2, -0.15) is 0 Å². The zero-order valence-corrected chi connectivity index (χ0v) is 14.6. The van der Waals surface area contributed by atoms with Crippen molar-refractivity contribution in [1.82, 2.24) is 10.2 Å². The van der Waals surface area contributed by atoms with Gasteiger partial charge in [-0.15, -0.1) is 0 Å². The van der Waals surface area contributed by atoms with E-state index in [9.17, 15) is 14.7 Å². The third-order valence-corrected chi connectivity index (χ3v) is 6.50. The lowest BCUT2D eigenvalue weighted by molar-refractivity contribution is -0.179. The Morgan fingerprint density at radius 3 is 2.40 bits per heavy atom. The second-order valence-electron chi connectivity index (χ2n) is 7.94. The molecular formula is C18H28N2O5. The van der Waals surface area contributed by atoms with E-state index >= 15 is 0 Å². The van der Waals surface area contributed by atoms with Crippen molar-refractivity contribution in [3.05, 3.63) is 0 Å². The maximum atomic E-state index is 12.9. The first kappa shape index (κ1) is 17.1. The van der Waals surface area contributed by atoms with Crippen molar-refractivity contribution in [2.24, 2.45) is 5.92 Å². The van der Waals surface area contributed by atoms with E-state index in [2.05, 4.69) is 5.32 Å². The number of carboxylic acid groups (broad SMARTS) is 1. The van der Waals surface area contributed by atoms with E-state index in [1.165, 1.54) is 0 Å². The summed E-state index contributed by atoms with van der Waals surface area (Å²) in [6.07, 6.45) is 7.99. The van der Waals surface area contributed by atoms with Crippen LogP contribution in [0.15, 0.2) is 0 Å². The van der Waals surface area contributed by atoms with Gasteiger partial charge in [0.15, 0.2) is 5.79 Å². The minimum Gasteiger partial charge on any atom is -0.480 e. The second kappa shape index (κ2) is 6.76. The standard InChI is InChI=1S/C18H28N2O5/c21-16(22)15-11-12-3-1-2-4-14(12)20(15)17(23)19-13-5-7-18(8-6-13)24-9-10-25-18/h12-15H,1-11H2,(H,19,23)(H,21,22). The fourth-order valence-electron chi connectivity index (χ4n) is 5.21. The van der Waals surface area contributed by atoms with Gasteiger partial charge < -0.3 is 24.8 Å². The normalized spacial score (nSPS) is 34.9. The minimum atomic E-state index is -0.875. The number of hydrogen-bond donors (Lipinski definition) is 2. The Bertz CT molecular complexity index is 524. The van der Waals surface area contributed by atoms with E-state index in [1.54, 1.807) is 4.90 Å². The Labute approximate surface area is 148 Å². The Kier molecular flexibility index (Phi) is 4.62. The number of carbonyl (C=O) groups excluding carboxylic acids is 1. The molecule has 2 saturated heterocycles. The summed E-state index contributed by atoms with van der Waals surface area (Å²) in [7, 11) is 0. The Balaban J connectivity index is 1.38. The number of hydrogen-bond acceptors (Lipinski definition) is 4. The molecule has 4 rings (SSSR count). The predicted molar refractivity (Wildman–Crippen MR) is 89.0 cm³/mol. The highest BCUT2D eigenvalue weighted by atomic mass is 16.7. The zero-order valence-electron chi connectivity index (χ0n) is 14.6. The molecule has 0 radical (unpaired) electrons. The van der Waals surface area contributed by atoms with E-state index in [4.69, 9.17) is 9.47 Å². The van der Waals surface area contributed by atoms with Gasteiger partial charge in [-0.05, 0) is 38.0 Å². The highest BCUT2D eigenvalue weighted by Crippen LogP contribution is 2.40. The molecule has 0 aromatic carbocycles. The van der Waals surface area contributed by atoms with Gasteiger partial charge in [0.05, 0.1) is 13.2 Å². The Hall–Kier alpha value is -1.34. The number of aliphatic carboxylic acids is 1. The highest BCUT2D eigenvalue weighted by molar-refractivity contribution is 5.84. The van der Waals surface area contributed by atoms with Gasteiger partial charge in [0.1, 0.15) is 6.04 Å². The summed E-state index contributed by atoms with van der Waals surface area (Å²) in [6.45, 7) is 1.29. The van der Waals surface area contributed by atoms with E-state index in [-0.39, 0.29) is 18.1 Å². The third-order valence-electron chi connectivity index (χ3n) is 6.50. The topological polar surface area (TPSA) is 88.1 Å². The SMILES string of the molecule is O=C(O)C1CC2CCCCC2N1C(=O)NC1CCC2(CC1)OCCO2. The number of fused-ring (bicyclic) bond motifs is 1. The Morgan fingerprint density at radius 1 is 1.04 bits per heavy atom. The van der Waals surface area contributed by atoms with E-state index in [0.717, 1.165) is 51.4 Å². The van der Waals surface area contributed by atoms with Gasteiger partial charge in [-0.25, -0.2) is 9.59 Å². The molecular weight excluding hydrogens is 324 g/mol. The molecule has 7 nitrogen and oxygen atoms in total. The van der Waals surface area contributed by atoms with Gasteiger partial charge >= 0.3 is 12.0 Å². The first-order valence-electron chi connectivity index (χ1n) is 9.67. The maximum Gasteiger partial charge on any atom is 0.326 e. The van der Waals surface area contributed by atoms with Gasteiger partial charge in [-0.3, -0.25) is 0 Å². The second-order valence-corrected chi connectivity index (χ2v) is 7.94. The molecule has 3 unspecified atom stereocenters. The summed E-state index contributed by atoms with van der Waals surface area (Å²) in [5.41, 5.74) is 0. The molecule has 140 valence electrons. The Morgan fingerprint density at radius 2 is 1.72 bits per heavy atom. The number of amides is 2. The average Bonchev–Trinajstić information content (AvgIpc) is 3.22. The average molecular weight is 352 g/mol. The molecule has 25 heavy (non-hydrogen) atoms. The smallest absolute Gasteiger partial charge is 0.326 e. The van der Waals surface area contributed by atoms with Crippen molar-refractivity contribution in [1.29, 1.82) is 0 Å². The van der Waals surface area contributed by atoms with E-state index in [0.29, 0.717) is 25.6 Å². The van der Waals surface area contributed by atoms with Crippen LogP contribution < -0.4 is 5.32 Å². The summed E-state index contributed by atoms with van der Waals surface area (Å²) < 4.78 is 11.5. The minimum absolute atomic E-state index is 0.0722. The molecule has 0 bridgehead atoms.